The van der Waals surface area contributed by atoms with Crippen molar-refractivity contribution in [3.63, 3.8) is 0 Å². The largest absolute Gasteiger partial charge is 0.466 e. The van der Waals surface area contributed by atoms with Crippen LogP contribution in [-0.2, 0) is 16.1 Å². The van der Waals surface area contributed by atoms with Gasteiger partial charge in [-0.05, 0) is 32.0 Å². The molecule has 0 unspecified atom stereocenters. The molecule has 0 aliphatic carbocycles. The number of carbonyl (C=O) groups excluding carboxylic acids is 1. The summed E-state index contributed by atoms with van der Waals surface area (Å²) in [6.45, 7) is 3.20. The first-order valence-electron chi connectivity index (χ1n) is 7.05. The zero-order valence-corrected chi connectivity index (χ0v) is 12.0. The molecule has 0 fully saturated rings. The van der Waals surface area contributed by atoms with Gasteiger partial charge in [0.2, 0.25) is 0 Å². The number of aromatic nitrogens is 2. The Kier molecular flexibility index (Phi) is 5.45. The minimum atomic E-state index is -0.194. The number of carbonyl (C=O) groups is 1. The van der Waals surface area contributed by atoms with Crippen molar-refractivity contribution < 1.29 is 9.53 Å². The Bertz CT molecular complexity index is 667. The van der Waals surface area contributed by atoms with Crippen LogP contribution in [0.2, 0.25) is 0 Å². The molecule has 0 saturated carbocycles. The van der Waals surface area contributed by atoms with E-state index in [1.54, 1.807) is 6.92 Å². The van der Waals surface area contributed by atoms with Gasteiger partial charge in [0.15, 0.2) is 0 Å². The summed E-state index contributed by atoms with van der Waals surface area (Å²) in [7, 11) is 0. The van der Waals surface area contributed by atoms with Crippen molar-refractivity contribution in [2.24, 2.45) is 0 Å². The molecule has 0 saturated heterocycles. The van der Waals surface area contributed by atoms with Crippen LogP contribution in [0.4, 0.5) is 0 Å². The number of para-hydroxylation sites is 2. The Hall–Kier alpha value is -2.21. The second kappa shape index (κ2) is 7.54. The predicted octanol–water partition coefficient (Wildman–Crippen LogP) is 1.36. The number of nitrogens with one attached hydrogen (secondary N) is 2. The number of ether oxygens (including phenoxy) is 1. The van der Waals surface area contributed by atoms with Crippen LogP contribution in [0.1, 0.15) is 25.5 Å². The summed E-state index contributed by atoms with van der Waals surface area (Å²) >= 11 is 0. The number of esters is 1. The molecule has 2 aromatic rings. The average molecular weight is 289 g/mol. The van der Waals surface area contributed by atoms with Gasteiger partial charge in [0.25, 0.3) is 5.56 Å². The van der Waals surface area contributed by atoms with E-state index in [0.717, 1.165) is 11.0 Å². The smallest absolute Gasteiger partial charge is 0.305 e. The summed E-state index contributed by atoms with van der Waals surface area (Å²) in [5.41, 5.74) is 1.76. The molecule has 2 N–H and O–H groups in total. The molecule has 6 nitrogen and oxygen atoms in total. The van der Waals surface area contributed by atoms with E-state index in [2.05, 4.69) is 15.3 Å². The van der Waals surface area contributed by atoms with Gasteiger partial charge in [0, 0.05) is 13.0 Å². The van der Waals surface area contributed by atoms with E-state index >= 15 is 0 Å². The first-order valence-corrected chi connectivity index (χ1v) is 7.05. The van der Waals surface area contributed by atoms with Gasteiger partial charge >= 0.3 is 5.97 Å². The molecule has 112 valence electrons. The van der Waals surface area contributed by atoms with Crippen molar-refractivity contribution in [1.29, 1.82) is 0 Å². The van der Waals surface area contributed by atoms with Gasteiger partial charge in [-0.1, -0.05) is 12.1 Å². The number of rotatable bonds is 7. The molecule has 0 amide bonds. The Morgan fingerprint density at radius 2 is 2.19 bits per heavy atom. The molecule has 0 aliphatic heterocycles. The maximum absolute atomic E-state index is 11.9. The van der Waals surface area contributed by atoms with Crippen LogP contribution >= 0.6 is 0 Å². The molecule has 2 rings (SSSR count). The van der Waals surface area contributed by atoms with E-state index in [0.29, 0.717) is 38.2 Å². The predicted molar refractivity (Wildman–Crippen MR) is 79.9 cm³/mol. The lowest BCUT2D eigenvalue weighted by atomic mass is 10.3. The van der Waals surface area contributed by atoms with Gasteiger partial charge in [-0.3, -0.25) is 9.59 Å². The van der Waals surface area contributed by atoms with Crippen LogP contribution in [0, 0.1) is 0 Å². The van der Waals surface area contributed by atoms with Crippen molar-refractivity contribution in [3.05, 3.63) is 40.3 Å². The number of benzene rings is 1. The maximum atomic E-state index is 11.9. The number of fused-ring (bicyclic) bond motifs is 1. The van der Waals surface area contributed by atoms with Crippen molar-refractivity contribution >= 4 is 17.0 Å². The van der Waals surface area contributed by atoms with Gasteiger partial charge < -0.3 is 15.0 Å². The highest BCUT2D eigenvalue weighted by molar-refractivity contribution is 5.73. The van der Waals surface area contributed by atoms with Gasteiger partial charge in [-0.25, -0.2) is 4.98 Å². The Morgan fingerprint density at radius 1 is 1.38 bits per heavy atom. The topological polar surface area (TPSA) is 84.1 Å². The number of nitrogens with zero attached hydrogens (tertiary/aromatic N) is 1. The standard InChI is InChI=1S/C15H19N3O3/c1-2-21-14(19)8-5-9-16-10-13-15(20)18-12-7-4-3-6-11(12)17-13/h3-4,6-7,16H,2,5,8-10H2,1H3,(H,18,20). The third kappa shape index (κ3) is 4.39. The van der Waals surface area contributed by atoms with Gasteiger partial charge in [0.1, 0.15) is 5.69 Å². The van der Waals surface area contributed by atoms with E-state index in [-0.39, 0.29) is 11.5 Å². The molecule has 1 aromatic heterocycles. The van der Waals surface area contributed by atoms with Gasteiger partial charge in [-0.2, -0.15) is 0 Å². The lowest BCUT2D eigenvalue weighted by Crippen LogP contribution is -2.24. The quantitative estimate of drug-likeness (QED) is 0.594. The third-order valence-corrected chi connectivity index (χ3v) is 3.00. The summed E-state index contributed by atoms with van der Waals surface area (Å²) in [5, 5.41) is 3.11. The lowest BCUT2D eigenvalue weighted by molar-refractivity contribution is -0.143. The highest BCUT2D eigenvalue weighted by Gasteiger charge is 2.05. The van der Waals surface area contributed by atoms with E-state index in [9.17, 15) is 9.59 Å². The molecular weight excluding hydrogens is 270 g/mol. The Labute approximate surface area is 122 Å². The fourth-order valence-electron chi connectivity index (χ4n) is 1.98. The summed E-state index contributed by atoms with van der Waals surface area (Å²) in [6, 6.07) is 7.41. The molecule has 0 radical (unpaired) electrons. The van der Waals surface area contributed by atoms with Crippen LogP contribution in [0.3, 0.4) is 0 Å². The second-order valence-corrected chi connectivity index (χ2v) is 4.62. The number of hydrogen-bond acceptors (Lipinski definition) is 5. The number of aromatic amines is 1. The summed E-state index contributed by atoms with van der Waals surface area (Å²) in [4.78, 5) is 30.2. The molecule has 1 heterocycles. The fraction of sp³-hybridized carbons (Fsp3) is 0.400. The van der Waals surface area contributed by atoms with E-state index in [1.165, 1.54) is 0 Å². The second-order valence-electron chi connectivity index (χ2n) is 4.62. The van der Waals surface area contributed by atoms with Crippen LogP contribution in [0.5, 0.6) is 0 Å². The molecule has 0 bridgehead atoms. The Balaban J connectivity index is 1.85. The van der Waals surface area contributed by atoms with Crippen LogP contribution < -0.4 is 10.9 Å². The zero-order valence-electron chi connectivity index (χ0n) is 12.0. The number of hydrogen-bond donors (Lipinski definition) is 2. The highest BCUT2D eigenvalue weighted by Crippen LogP contribution is 2.05. The Morgan fingerprint density at radius 3 is 3.00 bits per heavy atom. The van der Waals surface area contributed by atoms with Crippen molar-refractivity contribution in [1.82, 2.24) is 15.3 Å². The van der Waals surface area contributed by atoms with E-state index in [1.807, 2.05) is 24.3 Å². The monoisotopic (exact) mass is 289 g/mol. The fourth-order valence-corrected chi connectivity index (χ4v) is 1.98. The highest BCUT2D eigenvalue weighted by atomic mass is 16.5. The van der Waals surface area contributed by atoms with Crippen molar-refractivity contribution in [2.75, 3.05) is 13.2 Å². The van der Waals surface area contributed by atoms with Crippen molar-refractivity contribution in [3.8, 4) is 0 Å². The normalized spacial score (nSPS) is 10.7. The van der Waals surface area contributed by atoms with Gasteiger partial charge in [-0.15, -0.1) is 0 Å². The third-order valence-electron chi connectivity index (χ3n) is 3.00. The molecule has 6 heteroatoms. The molecule has 1 aromatic carbocycles. The first-order chi connectivity index (χ1) is 10.2. The lowest BCUT2D eigenvalue weighted by Gasteiger charge is -2.05. The number of H-pyrrole nitrogens is 1. The summed E-state index contributed by atoms with van der Waals surface area (Å²) < 4.78 is 4.84. The minimum Gasteiger partial charge on any atom is -0.466 e. The average Bonchev–Trinajstić information content (AvgIpc) is 2.47. The molecule has 0 spiro atoms. The molecule has 21 heavy (non-hydrogen) atoms. The van der Waals surface area contributed by atoms with Crippen LogP contribution in [0.15, 0.2) is 29.1 Å². The summed E-state index contributed by atoms with van der Waals surface area (Å²) in [6.07, 6.45) is 1.05. The maximum Gasteiger partial charge on any atom is 0.305 e. The van der Waals surface area contributed by atoms with Crippen LogP contribution in [0.25, 0.3) is 11.0 Å². The molecule has 0 atom stereocenters. The minimum absolute atomic E-state index is 0.188. The zero-order chi connectivity index (χ0) is 15.1. The molecular formula is C15H19N3O3. The summed E-state index contributed by atoms with van der Waals surface area (Å²) in [5.74, 6) is -0.194. The van der Waals surface area contributed by atoms with E-state index < -0.39 is 0 Å². The van der Waals surface area contributed by atoms with Gasteiger partial charge in [0.05, 0.1) is 17.6 Å². The SMILES string of the molecule is CCOC(=O)CCCNCc1nc2ccccc2[nH]c1=O. The van der Waals surface area contributed by atoms with Crippen LogP contribution in [-0.4, -0.2) is 29.1 Å². The van der Waals surface area contributed by atoms with Crippen molar-refractivity contribution in [2.45, 2.75) is 26.3 Å². The van der Waals surface area contributed by atoms with E-state index in [4.69, 9.17) is 4.74 Å². The first kappa shape index (κ1) is 15.2. The molecule has 0 aliphatic rings.